The zero-order valence-corrected chi connectivity index (χ0v) is 10.8. The zero-order chi connectivity index (χ0) is 12.2. The Morgan fingerprint density at radius 3 is 2.75 bits per heavy atom. The van der Waals surface area contributed by atoms with Crippen molar-refractivity contribution in [3.8, 4) is 0 Å². The summed E-state index contributed by atoms with van der Waals surface area (Å²) in [7, 11) is -2.88. The first-order valence-corrected chi connectivity index (χ1v) is 7.42. The summed E-state index contributed by atoms with van der Waals surface area (Å²) in [5, 5.41) is 7.33. The molecule has 16 heavy (non-hydrogen) atoms. The van der Waals surface area contributed by atoms with Crippen molar-refractivity contribution in [3.63, 3.8) is 0 Å². The van der Waals surface area contributed by atoms with Gasteiger partial charge in [0.25, 0.3) is 0 Å². The maximum absolute atomic E-state index is 10.9. The SMILES string of the molecule is CCn1cc(C(C)NCCS(C)(=O)=O)cn1. The number of hydrogen-bond acceptors (Lipinski definition) is 4. The van der Waals surface area contributed by atoms with Gasteiger partial charge in [-0.1, -0.05) is 0 Å². The van der Waals surface area contributed by atoms with Crippen molar-refractivity contribution in [2.75, 3.05) is 18.6 Å². The number of nitrogens with zero attached hydrogens (tertiary/aromatic N) is 2. The van der Waals surface area contributed by atoms with Gasteiger partial charge in [-0.05, 0) is 13.8 Å². The molecular formula is C10H19N3O2S. The fourth-order valence-corrected chi connectivity index (χ4v) is 1.84. The van der Waals surface area contributed by atoms with E-state index < -0.39 is 9.84 Å². The predicted molar refractivity (Wildman–Crippen MR) is 64.0 cm³/mol. The Kier molecular flexibility index (Phi) is 4.49. The molecule has 0 amide bonds. The third-order valence-corrected chi connectivity index (χ3v) is 3.35. The minimum absolute atomic E-state index is 0.127. The van der Waals surface area contributed by atoms with Crippen LogP contribution in [0.25, 0.3) is 0 Å². The highest BCUT2D eigenvalue weighted by Crippen LogP contribution is 2.10. The molecule has 1 atom stereocenters. The van der Waals surface area contributed by atoms with Crippen molar-refractivity contribution in [3.05, 3.63) is 18.0 Å². The highest BCUT2D eigenvalue weighted by atomic mass is 32.2. The van der Waals surface area contributed by atoms with Crippen molar-refractivity contribution >= 4 is 9.84 Å². The largest absolute Gasteiger partial charge is 0.309 e. The van der Waals surface area contributed by atoms with Gasteiger partial charge in [-0.25, -0.2) is 8.42 Å². The lowest BCUT2D eigenvalue weighted by atomic mass is 10.2. The van der Waals surface area contributed by atoms with E-state index in [4.69, 9.17) is 0 Å². The van der Waals surface area contributed by atoms with Crippen molar-refractivity contribution < 1.29 is 8.42 Å². The van der Waals surface area contributed by atoms with Gasteiger partial charge in [-0.2, -0.15) is 5.10 Å². The Balaban J connectivity index is 2.43. The second kappa shape index (κ2) is 5.45. The van der Waals surface area contributed by atoms with Crippen LogP contribution in [-0.2, 0) is 16.4 Å². The summed E-state index contributed by atoms with van der Waals surface area (Å²) in [5.41, 5.74) is 1.08. The van der Waals surface area contributed by atoms with E-state index in [-0.39, 0.29) is 11.8 Å². The number of rotatable bonds is 6. The number of nitrogens with one attached hydrogen (secondary N) is 1. The fourth-order valence-electron chi connectivity index (χ4n) is 1.35. The van der Waals surface area contributed by atoms with Crippen LogP contribution in [0.15, 0.2) is 12.4 Å². The standard InChI is InChI=1S/C10H19N3O2S/c1-4-13-8-10(7-12-13)9(2)11-5-6-16(3,14)15/h7-9,11H,4-6H2,1-3H3. The summed E-state index contributed by atoms with van der Waals surface area (Å²) >= 11 is 0. The van der Waals surface area contributed by atoms with Gasteiger partial charge in [0.1, 0.15) is 9.84 Å². The van der Waals surface area contributed by atoms with Crippen molar-refractivity contribution in [2.45, 2.75) is 26.4 Å². The summed E-state index contributed by atoms with van der Waals surface area (Å²) in [6.07, 6.45) is 5.02. The molecule has 0 spiro atoms. The summed E-state index contributed by atoms with van der Waals surface area (Å²) in [5.74, 6) is 0.166. The number of sulfone groups is 1. The number of aromatic nitrogens is 2. The summed E-state index contributed by atoms with van der Waals surface area (Å²) in [6, 6.07) is 0.127. The molecule has 5 nitrogen and oxygen atoms in total. The quantitative estimate of drug-likeness (QED) is 0.797. The minimum Gasteiger partial charge on any atom is -0.309 e. The molecule has 1 aromatic rings. The lowest BCUT2D eigenvalue weighted by Gasteiger charge is -2.10. The van der Waals surface area contributed by atoms with E-state index in [0.29, 0.717) is 6.54 Å². The van der Waals surface area contributed by atoms with Gasteiger partial charge < -0.3 is 5.32 Å². The third-order valence-electron chi connectivity index (χ3n) is 2.40. The molecule has 1 aromatic heterocycles. The zero-order valence-electron chi connectivity index (χ0n) is 9.97. The molecule has 0 saturated heterocycles. The van der Waals surface area contributed by atoms with Gasteiger partial charge in [0, 0.05) is 37.1 Å². The van der Waals surface area contributed by atoms with E-state index in [2.05, 4.69) is 10.4 Å². The summed E-state index contributed by atoms with van der Waals surface area (Å²) in [4.78, 5) is 0. The molecule has 0 aliphatic carbocycles. The smallest absolute Gasteiger partial charge is 0.148 e. The second-order valence-electron chi connectivity index (χ2n) is 3.94. The summed E-state index contributed by atoms with van der Waals surface area (Å²) in [6.45, 7) is 5.34. The highest BCUT2D eigenvalue weighted by Gasteiger charge is 2.08. The van der Waals surface area contributed by atoms with Crippen LogP contribution >= 0.6 is 0 Å². The molecule has 1 rings (SSSR count). The molecule has 0 fully saturated rings. The molecule has 6 heteroatoms. The molecule has 92 valence electrons. The van der Waals surface area contributed by atoms with E-state index in [9.17, 15) is 8.42 Å². The summed E-state index contributed by atoms with van der Waals surface area (Å²) < 4.78 is 23.7. The fraction of sp³-hybridized carbons (Fsp3) is 0.700. The van der Waals surface area contributed by atoms with Crippen LogP contribution in [0.5, 0.6) is 0 Å². The first-order valence-electron chi connectivity index (χ1n) is 5.36. The molecule has 1 N–H and O–H groups in total. The predicted octanol–water partition coefficient (Wildman–Crippen LogP) is 0.598. The minimum atomic E-state index is -2.88. The van der Waals surface area contributed by atoms with Crippen LogP contribution in [0, 0.1) is 0 Å². The highest BCUT2D eigenvalue weighted by molar-refractivity contribution is 7.90. The molecule has 1 heterocycles. The average molecular weight is 245 g/mol. The van der Waals surface area contributed by atoms with Gasteiger partial charge in [0.05, 0.1) is 11.9 Å². The van der Waals surface area contributed by atoms with E-state index >= 15 is 0 Å². The maximum Gasteiger partial charge on any atom is 0.148 e. The topological polar surface area (TPSA) is 64.0 Å². The molecule has 1 unspecified atom stereocenters. The normalized spacial score (nSPS) is 13.9. The van der Waals surface area contributed by atoms with E-state index in [1.54, 1.807) is 0 Å². The third kappa shape index (κ3) is 4.32. The van der Waals surface area contributed by atoms with Gasteiger partial charge in [0.2, 0.25) is 0 Å². The lowest BCUT2D eigenvalue weighted by molar-refractivity contribution is 0.575. The Hall–Kier alpha value is -0.880. The monoisotopic (exact) mass is 245 g/mol. The van der Waals surface area contributed by atoms with Gasteiger partial charge in [-0.15, -0.1) is 0 Å². The Morgan fingerprint density at radius 2 is 2.25 bits per heavy atom. The van der Waals surface area contributed by atoms with Crippen LogP contribution in [-0.4, -0.2) is 36.8 Å². The Bertz CT molecular complexity index is 425. The Labute approximate surface area is 96.8 Å². The lowest BCUT2D eigenvalue weighted by Crippen LogP contribution is -2.25. The van der Waals surface area contributed by atoms with Gasteiger partial charge in [-0.3, -0.25) is 4.68 Å². The van der Waals surface area contributed by atoms with Crippen LogP contribution in [0.1, 0.15) is 25.5 Å². The van der Waals surface area contributed by atoms with E-state index in [0.717, 1.165) is 12.1 Å². The van der Waals surface area contributed by atoms with Crippen molar-refractivity contribution in [1.82, 2.24) is 15.1 Å². The Morgan fingerprint density at radius 1 is 1.56 bits per heavy atom. The van der Waals surface area contributed by atoms with Crippen LogP contribution in [0.2, 0.25) is 0 Å². The van der Waals surface area contributed by atoms with E-state index in [1.807, 2.05) is 30.9 Å². The average Bonchev–Trinajstić information content (AvgIpc) is 2.63. The molecule has 0 radical (unpaired) electrons. The van der Waals surface area contributed by atoms with Crippen molar-refractivity contribution in [1.29, 1.82) is 0 Å². The molecular weight excluding hydrogens is 226 g/mol. The van der Waals surface area contributed by atoms with Crippen LogP contribution in [0.3, 0.4) is 0 Å². The number of aryl methyl sites for hydroxylation is 1. The van der Waals surface area contributed by atoms with Crippen LogP contribution < -0.4 is 5.32 Å². The van der Waals surface area contributed by atoms with Crippen LogP contribution in [0.4, 0.5) is 0 Å². The number of hydrogen-bond donors (Lipinski definition) is 1. The first-order chi connectivity index (χ1) is 7.42. The first kappa shape index (κ1) is 13.2. The van der Waals surface area contributed by atoms with E-state index in [1.165, 1.54) is 6.26 Å². The van der Waals surface area contributed by atoms with Crippen molar-refractivity contribution in [2.24, 2.45) is 0 Å². The van der Waals surface area contributed by atoms with Gasteiger partial charge >= 0.3 is 0 Å². The molecule has 0 saturated carbocycles. The molecule has 0 aliphatic heterocycles. The molecule has 0 aromatic carbocycles. The second-order valence-corrected chi connectivity index (χ2v) is 6.19. The molecule has 0 bridgehead atoms. The maximum atomic E-state index is 10.9. The van der Waals surface area contributed by atoms with Gasteiger partial charge in [0.15, 0.2) is 0 Å². The molecule has 0 aliphatic rings.